The Morgan fingerprint density at radius 2 is 1.86 bits per heavy atom. The number of hydrogen-bond acceptors (Lipinski definition) is 5. The largest absolute Gasteiger partial charge is 0.469 e. The Morgan fingerprint density at radius 1 is 1.07 bits per heavy atom. The molecule has 0 atom stereocenters. The number of carbonyl (C=O) groups is 2. The average Bonchev–Trinajstić information content (AvgIpc) is 3.37. The Kier molecular flexibility index (Phi) is 6.55. The standard InChI is InChI=1S/C21H20ClNO5/c1-23(20(24)14-27-21(25)11-9-17-3-2-12-26-17)13-18-8-10-19(28-18)15-4-6-16(22)7-5-15/h2-8,10,12H,9,11,13-14H2,1H3. The normalized spacial score (nSPS) is 10.6. The first-order valence-electron chi connectivity index (χ1n) is 8.78. The van der Waals surface area contributed by atoms with Crippen LogP contribution in [0.25, 0.3) is 11.3 Å². The maximum Gasteiger partial charge on any atom is 0.306 e. The van der Waals surface area contributed by atoms with E-state index in [0.717, 1.165) is 5.56 Å². The Labute approximate surface area is 167 Å². The number of halogens is 1. The van der Waals surface area contributed by atoms with Crippen molar-refractivity contribution in [1.82, 2.24) is 4.90 Å². The minimum atomic E-state index is -0.443. The first-order chi connectivity index (χ1) is 13.5. The number of furan rings is 2. The number of rotatable bonds is 8. The molecule has 1 aromatic carbocycles. The van der Waals surface area contributed by atoms with E-state index >= 15 is 0 Å². The Morgan fingerprint density at radius 3 is 2.57 bits per heavy atom. The van der Waals surface area contributed by atoms with Crippen LogP contribution >= 0.6 is 11.6 Å². The van der Waals surface area contributed by atoms with Gasteiger partial charge in [0.05, 0.1) is 19.2 Å². The lowest BCUT2D eigenvalue weighted by atomic mass is 10.2. The van der Waals surface area contributed by atoms with E-state index in [1.165, 1.54) is 4.90 Å². The molecular weight excluding hydrogens is 382 g/mol. The van der Waals surface area contributed by atoms with E-state index in [1.54, 1.807) is 37.6 Å². The number of esters is 1. The molecule has 146 valence electrons. The molecule has 7 heteroatoms. The molecule has 0 aliphatic rings. The van der Waals surface area contributed by atoms with E-state index in [9.17, 15) is 9.59 Å². The van der Waals surface area contributed by atoms with Crippen LogP contribution in [0.5, 0.6) is 0 Å². The second-order valence-corrected chi connectivity index (χ2v) is 6.70. The predicted molar refractivity (Wildman–Crippen MR) is 104 cm³/mol. The number of ether oxygens (including phenoxy) is 1. The summed E-state index contributed by atoms with van der Waals surface area (Å²) in [5.74, 6) is 1.27. The first kappa shape index (κ1) is 19.8. The molecule has 0 unspecified atom stereocenters. The molecule has 1 amide bonds. The molecule has 0 aliphatic heterocycles. The Bertz CT molecular complexity index is 915. The molecule has 0 fully saturated rings. The fourth-order valence-corrected chi connectivity index (χ4v) is 2.68. The minimum Gasteiger partial charge on any atom is -0.469 e. The van der Waals surface area contributed by atoms with E-state index in [1.807, 2.05) is 24.3 Å². The molecule has 0 N–H and O–H groups in total. The molecule has 0 radical (unpaired) electrons. The molecular formula is C21H20ClNO5. The minimum absolute atomic E-state index is 0.160. The summed E-state index contributed by atoms with van der Waals surface area (Å²) in [6.07, 6.45) is 2.15. The number of amides is 1. The van der Waals surface area contributed by atoms with Gasteiger partial charge in [-0.3, -0.25) is 9.59 Å². The molecule has 0 spiro atoms. The molecule has 2 heterocycles. The Hall–Kier alpha value is -2.99. The highest BCUT2D eigenvalue weighted by Crippen LogP contribution is 2.24. The SMILES string of the molecule is CN(Cc1ccc(-c2ccc(Cl)cc2)o1)C(=O)COC(=O)CCc1ccco1. The second-order valence-electron chi connectivity index (χ2n) is 6.26. The van der Waals surface area contributed by atoms with Gasteiger partial charge in [-0.15, -0.1) is 0 Å². The van der Waals surface area contributed by atoms with Crippen LogP contribution in [0.15, 0.2) is 63.6 Å². The van der Waals surface area contributed by atoms with Gasteiger partial charge in [0.25, 0.3) is 5.91 Å². The predicted octanol–water partition coefficient (Wildman–Crippen LogP) is 4.33. The van der Waals surface area contributed by atoms with Crippen LogP contribution in [-0.4, -0.2) is 30.4 Å². The summed E-state index contributed by atoms with van der Waals surface area (Å²) in [4.78, 5) is 25.4. The van der Waals surface area contributed by atoms with E-state index in [4.69, 9.17) is 25.2 Å². The highest BCUT2D eigenvalue weighted by molar-refractivity contribution is 6.30. The number of aryl methyl sites for hydroxylation is 1. The summed E-state index contributed by atoms with van der Waals surface area (Å²) in [5.41, 5.74) is 0.898. The number of nitrogens with zero attached hydrogens (tertiary/aromatic N) is 1. The fraction of sp³-hybridized carbons (Fsp3) is 0.238. The third-order valence-electron chi connectivity index (χ3n) is 4.12. The molecule has 28 heavy (non-hydrogen) atoms. The highest BCUT2D eigenvalue weighted by Gasteiger charge is 2.15. The number of carbonyl (C=O) groups excluding carboxylic acids is 2. The Balaban J connectivity index is 1.45. The van der Waals surface area contributed by atoms with Gasteiger partial charge in [0.15, 0.2) is 6.61 Å². The maximum absolute atomic E-state index is 12.2. The monoisotopic (exact) mass is 401 g/mol. The van der Waals surface area contributed by atoms with Crippen LogP contribution in [0.2, 0.25) is 5.02 Å². The summed E-state index contributed by atoms with van der Waals surface area (Å²) in [7, 11) is 1.63. The lowest BCUT2D eigenvalue weighted by Gasteiger charge is -2.15. The van der Waals surface area contributed by atoms with Crippen molar-refractivity contribution >= 4 is 23.5 Å². The van der Waals surface area contributed by atoms with Gasteiger partial charge in [-0.2, -0.15) is 0 Å². The van der Waals surface area contributed by atoms with Gasteiger partial charge in [-0.05, 0) is 48.5 Å². The lowest BCUT2D eigenvalue weighted by Crippen LogP contribution is -2.30. The van der Waals surface area contributed by atoms with Gasteiger partial charge in [0.1, 0.15) is 17.3 Å². The second kappa shape index (κ2) is 9.28. The summed E-state index contributed by atoms with van der Waals surface area (Å²) in [6, 6.07) is 14.5. The smallest absolute Gasteiger partial charge is 0.306 e. The maximum atomic E-state index is 12.2. The van der Waals surface area contributed by atoms with E-state index in [-0.39, 0.29) is 25.5 Å². The number of hydrogen-bond donors (Lipinski definition) is 0. The highest BCUT2D eigenvalue weighted by atomic mass is 35.5. The molecule has 6 nitrogen and oxygen atoms in total. The van der Waals surface area contributed by atoms with Crippen molar-refractivity contribution in [2.75, 3.05) is 13.7 Å². The van der Waals surface area contributed by atoms with Crippen LogP contribution in [0, 0.1) is 0 Å². The molecule has 3 rings (SSSR count). The van der Waals surface area contributed by atoms with Crippen LogP contribution in [0.1, 0.15) is 17.9 Å². The molecule has 2 aromatic heterocycles. The number of likely N-dealkylation sites (N-methyl/N-ethyl adjacent to an activating group) is 1. The van der Waals surface area contributed by atoms with E-state index < -0.39 is 5.97 Å². The zero-order chi connectivity index (χ0) is 19.9. The zero-order valence-electron chi connectivity index (χ0n) is 15.4. The van der Waals surface area contributed by atoms with Crippen molar-refractivity contribution in [3.8, 4) is 11.3 Å². The van der Waals surface area contributed by atoms with E-state index in [0.29, 0.717) is 28.7 Å². The number of benzene rings is 1. The van der Waals surface area contributed by atoms with Gasteiger partial charge >= 0.3 is 5.97 Å². The van der Waals surface area contributed by atoms with Crippen molar-refractivity contribution in [2.45, 2.75) is 19.4 Å². The lowest BCUT2D eigenvalue weighted by molar-refractivity contribution is -0.151. The van der Waals surface area contributed by atoms with Crippen molar-refractivity contribution in [1.29, 1.82) is 0 Å². The molecule has 0 aliphatic carbocycles. The molecule has 0 bridgehead atoms. The summed E-state index contributed by atoms with van der Waals surface area (Å²) >= 11 is 5.89. The molecule has 0 saturated heterocycles. The topological polar surface area (TPSA) is 72.9 Å². The van der Waals surface area contributed by atoms with Crippen LogP contribution in [0.4, 0.5) is 0 Å². The fourth-order valence-electron chi connectivity index (χ4n) is 2.56. The molecule has 0 saturated carbocycles. The quantitative estimate of drug-likeness (QED) is 0.525. The summed E-state index contributed by atoms with van der Waals surface area (Å²) in [5, 5.41) is 0.652. The van der Waals surface area contributed by atoms with Gasteiger partial charge in [0.2, 0.25) is 0 Å². The van der Waals surface area contributed by atoms with Gasteiger partial charge in [-0.1, -0.05) is 11.6 Å². The molecule has 3 aromatic rings. The third kappa shape index (κ3) is 5.50. The van der Waals surface area contributed by atoms with Crippen LogP contribution in [0.3, 0.4) is 0 Å². The van der Waals surface area contributed by atoms with Crippen molar-refractivity contribution < 1.29 is 23.2 Å². The summed E-state index contributed by atoms with van der Waals surface area (Å²) in [6.45, 7) is -0.0331. The summed E-state index contributed by atoms with van der Waals surface area (Å²) < 4.78 is 16.0. The van der Waals surface area contributed by atoms with Gasteiger partial charge in [0, 0.05) is 24.1 Å². The van der Waals surface area contributed by atoms with E-state index in [2.05, 4.69) is 0 Å². The van der Waals surface area contributed by atoms with Crippen molar-refractivity contribution in [3.63, 3.8) is 0 Å². The van der Waals surface area contributed by atoms with Crippen molar-refractivity contribution in [3.05, 3.63) is 71.3 Å². The average molecular weight is 402 g/mol. The van der Waals surface area contributed by atoms with Crippen LogP contribution in [-0.2, 0) is 27.3 Å². The first-order valence-corrected chi connectivity index (χ1v) is 9.15. The zero-order valence-corrected chi connectivity index (χ0v) is 16.1. The third-order valence-corrected chi connectivity index (χ3v) is 4.37. The van der Waals surface area contributed by atoms with Crippen molar-refractivity contribution in [2.24, 2.45) is 0 Å². The van der Waals surface area contributed by atoms with Gasteiger partial charge in [-0.25, -0.2) is 0 Å². The van der Waals surface area contributed by atoms with Gasteiger partial charge < -0.3 is 18.5 Å². The van der Waals surface area contributed by atoms with Crippen LogP contribution < -0.4 is 0 Å².